The van der Waals surface area contributed by atoms with Crippen molar-refractivity contribution in [2.24, 2.45) is 0 Å². The Hall–Kier alpha value is -1.06. The number of aromatic hydroxyl groups is 1. The molecule has 1 heterocycles. The van der Waals surface area contributed by atoms with Crippen LogP contribution in [0.3, 0.4) is 0 Å². The summed E-state index contributed by atoms with van der Waals surface area (Å²) < 4.78 is 0. The number of rotatable bonds is 2. The molecule has 76 valence electrons. The Balaban J connectivity index is 2.01. The highest BCUT2D eigenvalue weighted by Gasteiger charge is 2.20. The summed E-state index contributed by atoms with van der Waals surface area (Å²) in [4.78, 5) is 2.15. The molecule has 14 heavy (non-hydrogen) atoms. The van der Waals surface area contributed by atoms with Crippen LogP contribution in [-0.2, 0) is 6.54 Å². The first-order chi connectivity index (χ1) is 6.75. The van der Waals surface area contributed by atoms with E-state index in [2.05, 4.69) is 4.90 Å². The van der Waals surface area contributed by atoms with Crippen molar-refractivity contribution in [1.82, 2.24) is 4.90 Å². The van der Waals surface area contributed by atoms with Gasteiger partial charge in [-0.05, 0) is 12.5 Å². The molecule has 0 aromatic heterocycles. The topological polar surface area (TPSA) is 43.7 Å². The van der Waals surface area contributed by atoms with Gasteiger partial charge in [0.2, 0.25) is 0 Å². The second-order valence-corrected chi connectivity index (χ2v) is 3.81. The summed E-state index contributed by atoms with van der Waals surface area (Å²) in [6.45, 7) is 2.35. The lowest BCUT2D eigenvalue weighted by molar-refractivity contribution is 0.174. The van der Waals surface area contributed by atoms with E-state index in [9.17, 15) is 10.2 Å². The number of aliphatic hydroxyl groups excluding tert-OH is 1. The normalized spacial score (nSPS) is 22.8. The minimum Gasteiger partial charge on any atom is -0.508 e. The van der Waals surface area contributed by atoms with E-state index in [0.717, 1.165) is 25.1 Å². The van der Waals surface area contributed by atoms with Gasteiger partial charge in [-0.3, -0.25) is 4.90 Å². The minimum atomic E-state index is -0.194. The fourth-order valence-electron chi connectivity index (χ4n) is 1.84. The summed E-state index contributed by atoms with van der Waals surface area (Å²) >= 11 is 0. The van der Waals surface area contributed by atoms with E-state index in [-0.39, 0.29) is 6.10 Å². The number of likely N-dealkylation sites (tertiary alicyclic amines) is 1. The van der Waals surface area contributed by atoms with Crippen LogP contribution in [0.4, 0.5) is 0 Å². The molecule has 1 aliphatic rings. The first-order valence-electron chi connectivity index (χ1n) is 4.93. The van der Waals surface area contributed by atoms with Crippen molar-refractivity contribution in [3.63, 3.8) is 0 Å². The second kappa shape index (κ2) is 3.98. The predicted octanol–water partition coefficient (Wildman–Crippen LogP) is 0.959. The van der Waals surface area contributed by atoms with Gasteiger partial charge in [0.15, 0.2) is 0 Å². The van der Waals surface area contributed by atoms with E-state index in [1.54, 1.807) is 6.07 Å². The fourth-order valence-corrected chi connectivity index (χ4v) is 1.84. The molecule has 1 aliphatic heterocycles. The molecule has 1 aromatic rings. The number of phenols is 1. The summed E-state index contributed by atoms with van der Waals surface area (Å²) in [6, 6.07) is 7.35. The van der Waals surface area contributed by atoms with Crippen LogP contribution in [0.5, 0.6) is 5.75 Å². The van der Waals surface area contributed by atoms with Crippen molar-refractivity contribution < 1.29 is 10.2 Å². The van der Waals surface area contributed by atoms with Gasteiger partial charge in [0.1, 0.15) is 5.75 Å². The number of para-hydroxylation sites is 1. The average Bonchev–Trinajstić information content (AvgIpc) is 2.56. The van der Waals surface area contributed by atoms with Crippen molar-refractivity contribution in [3.05, 3.63) is 29.8 Å². The zero-order valence-corrected chi connectivity index (χ0v) is 8.06. The molecule has 2 N–H and O–H groups in total. The maximum Gasteiger partial charge on any atom is 0.120 e. The Morgan fingerprint density at radius 1 is 1.36 bits per heavy atom. The highest BCUT2D eigenvalue weighted by molar-refractivity contribution is 5.31. The highest BCUT2D eigenvalue weighted by atomic mass is 16.3. The average molecular weight is 193 g/mol. The Bertz CT molecular complexity index is 314. The Kier molecular flexibility index (Phi) is 2.70. The molecule has 0 radical (unpaired) electrons. The maximum atomic E-state index is 9.55. The van der Waals surface area contributed by atoms with Gasteiger partial charge >= 0.3 is 0 Å². The van der Waals surface area contributed by atoms with Gasteiger partial charge in [-0.1, -0.05) is 18.2 Å². The smallest absolute Gasteiger partial charge is 0.120 e. The third kappa shape index (κ3) is 2.05. The number of benzene rings is 1. The van der Waals surface area contributed by atoms with Gasteiger partial charge in [-0.15, -0.1) is 0 Å². The summed E-state index contributed by atoms with van der Waals surface area (Å²) in [5.41, 5.74) is 0.932. The Labute approximate surface area is 83.6 Å². The molecular formula is C11H15NO2. The summed E-state index contributed by atoms with van der Waals surface area (Å²) in [5.74, 6) is 0.342. The van der Waals surface area contributed by atoms with Crippen molar-refractivity contribution in [3.8, 4) is 5.75 Å². The number of nitrogens with zero attached hydrogens (tertiary/aromatic N) is 1. The molecule has 3 nitrogen and oxygen atoms in total. The molecule has 0 unspecified atom stereocenters. The van der Waals surface area contributed by atoms with E-state index >= 15 is 0 Å². The van der Waals surface area contributed by atoms with Crippen molar-refractivity contribution >= 4 is 0 Å². The van der Waals surface area contributed by atoms with Gasteiger partial charge in [0.05, 0.1) is 6.10 Å². The van der Waals surface area contributed by atoms with Crippen molar-refractivity contribution in [2.75, 3.05) is 13.1 Å². The van der Waals surface area contributed by atoms with Crippen molar-refractivity contribution in [1.29, 1.82) is 0 Å². The van der Waals surface area contributed by atoms with E-state index in [1.165, 1.54) is 0 Å². The van der Waals surface area contributed by atoms with Gasteiger partial charge < -0.3 is 10.2 Å². The lowest BCUT2D eigenvalue weighted by Gasteiger charge is -2.15. The largest absolute Gasteiger partial charge is 0.508 e. The zero-order chi connectivity index (χ0) is 9.97. The van der Waals surface area contributed by atoms with Crippen molar-refractivity contribution in [2.45, 2.75) is 19.1 Å². The number of β-amino-alcohol motifs (C(OH)–C–C–N with tert-alkyl or cyclic N) is 1. The molecule has 0 spiro atoms. The Morgan fingerprint density at radius 3 is 2.79 bits per heavy atom. The number of hydrogen-bond donors (Lipinski definition) is 2. The third-order valence-electron chi connectivity index (χ3n) is 2.63. The first-order valence-corrected chi connectivity index (χ1v) is 4.93. The molecule has 3 heteroatoms. The molecule has 1 aromatic carbocycles. The number of aliphatic hydroxyl groups is 1. The van der Waals surface area contributed by atoms with Crippen LogP contribution in [-0.4, -0.2) is 34.3 Å². The molecule has 0 saturated carbocycles. The highest BCUT2D eigenvalue weighted by Crippen LogP contribution is 2.20. The maximum absolute atomic E-state index is 9.55. The summed E-state index contributed by atoms with van der Waals surface area (Å²) in [7, 11) is 0. The third-order valence-corrected chi connectivity index (χ3v) is 2.63. The molecule has 1 saturated heterocycles. The van der Waals surface area contributed by atoms with E-state index in [4.69, 9.17) is 0 Å². The van der Waals surface area contributed by atoms with Crippen LogP contribution in [0.1, 0.15) is 12.0 Å². The molecule has 1 atom stereocenters. The molecule has 0 aliphatic carbocycles. The van der Waals surface area contributed by atoms with Crippen LogP contribution in [0, 0.1) is 0 Å². The molecular weight excluding hydrogens is 178 g/mol. The number of phenolic OH excluding ortho intramolecular Hbond substituents is 1. The summed E-state index contributed by atoms with van der Waals surface area (Å²) in [5, 5.41) is 18.9. The number of hydrogen-bond acceptors (Lipinski definition) is 3. The van der Waals surface area contributed by atoms with Gasteiger partial charge in [-0.25, -0.2) is 0 Å². The van der Waals surface area contributed by atoms with E-state index < -0.39 is 0 Å². The Morgan fingerprint density at radius 2 is 2.14 bits per heavy atom. The monoisotopic (exact) mass is 193 g/mol. The lowest BCUT2D eigenvalue weighted by Crippen LogP contribution is -2.21. The predicted molar refractivity (Wildman–Crippen MR) is 54.0 cm³/mol. The first kappa shape index (κ1) is 9.49. The molecule has 0 bridgehead atoms. The molecule has 0 amide bonds. The quantitative estimate of drug-likeness (QED) is 0.735. The van der Waals surface area contributed by atoms with E-state index in [0.29, 0.717) is 12.3 Å². The van der Waals surface area contributed by atoms with Crippen LogP contribution >= 0.6 is 0 Å². The van der Waals surface area contributed by atoms with Gasteiger partial charge in [0.25, 0.3) is 0 Å². The summed E-state index contributed by atoms with van der Waals surface area (Å²) in [6.07, 6.45) is 0.647. The molecule has 1 fully saturated rings. The van der Waals surface area contributed by atoms with Gasteiger partial charge in [0, 0.05) is 25.2 Å². The van der Waals surface area contributed by atoms with Crippen LogP contribution in [0.2, 0.25) is 0 Å². The van der Waals surface area contributed by atoms with E-state index in [1.807, 2.05) is 18.2 Å². The molecule has 2 rings (SSSR count). The lowest BCUT2D eigenvalue weighted by atomic mass is 10.2. The second-order valence-electron chi connectivity index (χ2n) is 3.81. The standard InChI is InChI=1S/C11H15NO2/c13-10-5-6-12(8-10)7-9-3-1-2-4-11(9)14/h1-4,10,13-14H,5-8H2/t10-/m0/s1. The van der Waals surface area contributed by atoms with Crippen LogP contribution in [0.25, 0.3) is 0 Å². The zero-order valence-electron chi connectivity index (χ0n) is 8.06. The van der Waals surface area contributed by atoms with Gasteiger partial charge in [-0.2, -0.15) is 0 Å². The fraction of sp³-hybridized carbons (Fsp3) is 0.455. The van der Waals surface area contributed by atoms with Crippen LogP contribution in [0.15, 0.2) is 24.3 Å². The minimum absolute atomic E-state index is 0.194. The SMILES string of the molecule is Oc1ccccc1CN1CC[C@H](O)C1. The van der Waals surface area contributed by atoms with Crippen LogP contribution < -0.4 is 0 Å².